The van der Waals surface area contributed by atoms with E-state index in [1.54, 1.807) is 0 Å². The first-order chi connectivity index (χ1) is 9.70. The van der Waals surface area contributed by atoms with Crippen LogP contribution in [0.15, 0.2) is 24.3 Å². The monoisotopic (exact) mass is 274 g/mol. The summed E-state index contributed by atoms with van der Waals surface area (Å²) in [5, 5.41) is 3.09. The Bertz CT molecular complexity index is 421. The van der Waals surface area contributed by atoms with E-state index in [4.69, 9.17) is 0 Å². The van der Waals surface area contributed by atoms with Crippen LogP contribution < -0.4 is 5.32 Å². The van der Waals surface area contributed by atoms with Crippen molar-refractivity contribution in [2.45, 2.75) is 45.6 Å². The van der Waals surface area contributed by atoms with Crippen molar-refractivity contribution in [3.63, 3.8) is 0 Å². The molecule has 1 fully saturated rings. The maximum Gasteiger partial charge on any atom is 0.220 e. The molecule has 1 aromatic rings. The Morgan fingerprint density at radius 3 is 2.50 bits per heavy atom. The molecule has 1 aliphatic rings. The first-order valence-electron chi connectivity index (χ1n) is 7.78. The molecule has 3 nitrogen and oxygen atoms in total. The highest BCUT2D eigenvalue weighted by molar-refractivity contribution is 5.75. The molecule has 110 valence electrons. The van der Waals surface area contributed by atoms with Crippen molar-refractivity contribution in [3.8, 4) is 0 Å². The molecule has 0 radical (unpaired) electrons. The number of nitrogens with zero attached hydrogens (tertiary/aromatic N) is 1. The molecule has 1 heterocycles. The summed E-state index contributed by atoms with van der Waals surface area (Å²) in [7, 11) is 0. The van der Waals surface area contributed by atoms with Gasteiger partial charge in [0.15, 0.2) is 0 Å². The van der Waals surface area contributed by atoms with E-state index in [0.29, 0.717) is 12.5 Å². The minimum atomic E-state index is 0.170. The number of rotatable bonds is 6. The zero-order chi connectivity index (χ0) is 14.4. The Morgan fingerprint density at radius 1 is 1.25 bits per heavy atom. The molecular weight excluding hydrogens is 248 g/mol. The van der Waals surface area contributed by atoms with Crippen LogP contribution >= 0.6 is 0 Å². The van der Waals surface area contributed by atoms with E-state index in [9.17, 15) is 4.79 Å². The van der Waals surface area contributed by atoms with Crippen molar-refractivity contribution in [1.82, 2.24) is 10.2 Å². The number of benzene rings is 1. The summed E-state index contributed by atoms with van der Waals surface area (Å²) in [4.78, 5) is 14.2. The number of likely N-dealkylation sites (tertiary alicyclic amines) is 1. The van der Waals surface area contributed by atoms with Crippen molar-refractivity contribution >= 4 is 5.91 Å². The van der Waals surface area contributed by atoms with Gasteiger partial charge in [0, 0.05) is 13.0 Å². The van der Waals surface area contributed by atoms with Gasteiger partial charge in [-0.15, -0.1) is 0 Å². The molecule has 0 saturated carbocycles. The lowest BCUT2D eigenvalue weighted by Gasteiger charge is -2.28. The molecule has 0 aromatic heterocycles. The maximum absolute atomic E-state index is 11.7. The molecule has 0 bridgehead atoms. The standard InChI is InChI=1S/C17H26N2O/c1-3-6-17(20)18-13-16(19-11-4-5-12-19)15-9-7-14(2)8-10-15/h7-10,16H,3-6,11-13H2,1-2H3,(H,18,20). The van der Waals surface area contributed by atoms with Gasteiger partial charge in [-0.05, 0) is 44.8 Å². The zero-order valence-corrected chi connectivity index (χ0v) is 12.7. The highest BCUT2D eigenvalue weighted by atomic mass is 16.1. The SMILES string of the molecule is CCCC(=O)NCC(c1ccc(C)cc1)N1CCCC1. The van der Waals surface area contributed by atoms with Crippen LogP contribution in [-0.2, 0) is 4.79 Å². The molecule has 1 amide bonds. The van der Waals surface area contributed by atoms with Crippen molar-refractivity contribution < 1.29 is 4.79 Å². The van der Waals surface area contributed by atoms with Crippen LogP contribution in [0.3, 0.4) is 0 Å². The summed E-state index contributed by atoms with van der Waals surface area (Å²) >= 11 is 0. The van der Waals surface area contributed by atoms with Crippen LogP contribution in [0.1, 0.15) is 49.8 Å². The van der Waals surface area contributed by atoms with Gasteiger partial charge in [-0.3, -0.25) is 9.69 Å². The lowest BCUT2D eigenvalue weighted by Crippen LogP contribution is -2.36. The van der Waals surface area contributed by atoms with E-state index >= 15 is 0 Å². The molecule has 1 atom stereocenters. The Morgan fingerprint density at radius 2 is 1.90 bits per heavy atom. The minimum Gasteiger partial charge on any atom is -0.354 e. The molecule has 0 aliphatic carbocycles. The summed E-state index contributed by atoms with van der Waals surface area (Å²) in [5.74, 6) is 0.170. The van der Waals surface area contributed by atoms with E-state index in [1.807, 2.05) is 6.92 Å². The molecule has 1 N–H and O–H groups in total. The fourth-order valence-corrected chi connectivity index (χ4v) is 2.83. The largest absolute Gasteiger partial charge is 0.354 e. The third kappa shape index (κ3) is 4.07. The van der Waals surface area contributed by atoms with Crippen molar-refractivity contribution in [3.05, 3.63) is 35.4 Å². The number of nitrogens with one attached hydrogen (secondary N) is 1. The number of hydrogen-bond acceptors (Lipinski definition) is 2. The summed E-state index contributed by atoms with van der Waals surface area (Å²) in [5.41, 5.74) is 2.60. The van der Waals surface area contributed by atoms with Gasteiger partial charge in [0.1, 0.15) is 0 Å². The van der Waals surface area contributed by atoms with E-state index < -0.39 is 0 Å². The Labute approximate surface area is 122 Å². The van der Waals surface area contributed by atoms with Crippen LogP contribution in [-0.4, -0.2) is 30.4 Å². The fourth-order valence-electron chi connectivity index (χ4n) is 2.83. The quantitative estimate of drug-likeness (QED) is 0.864. The third-order valence-electron chi connectivity index (χ3n) is 4.01. The van der Waals surface area contributed by atoms with E-state index in [0.717, 1.165) is 26.1 Å². The first kappa shape index (κ1) is 15.0. The second kappa shape index (κ2) is 7.44. The average molecular weight is 274 g/mol. The van der Waals surface area contributed by atoms with Gasteiger partial charge in [-0.2, -0.15) is 0 Å². The van der Waals surface area contributed by atoms with E-state index in [1.165, 1.54) is 24.0 Å². The van der Waals surface area contributed by atoms with Crippen LogP contribution in [0.2, 0.25) is 0 Å². The van der Waals surface area contributed by atoms with Gasteiger partial charge in [0.05, 0.1) is 6.04 Å². The normalized spacial score (nSPS) is 17.1. The smallest absolute Gasteiger partial charge is 0.220 e. The van der Waals surface area contributed by atoms with Crippen molar-refractivity contribution in [2.75, 3.05) is 19.6 Å². The predicted octanol–water partition coefficient (Wildman–Crippen LogP) is 3.05. The van der Waals surface area contributed by atoms with Gasteiger partial charge < -0.3 is 5.32 Å². The number of hydrogen-bond donors (Lipinski definition) is 1. The maximum atomic E-state index is 11.7. The topological polar surface area (TPSA) is 32.3 Å². The first-order valence-corrected chi connectivity index (χ1v) is 7.78. The molecule has 1 saturated heterocycles. The molecule has 1 aliphatic heterocycles. The molecule has 3 heteroatoms. The Hall–Kier alpha value is -1.35. The number of carbonyl (C=O) groups excluding carboxylic acids is 1. The molecular formula is C17H26N2O. The number of aryl methyl sites for hydroxylation is 1. The zero-order valence-electron chi connectivity index (χ0n) is 12.7. The van der Waals surface area contributed by atoms with E-state index in [2.05, 4.69) is 41.4 Å². The highest BCUT2D eigenvalue weighted by Crippen LogP contribution is 2.24. The Kier molecular flexibility index (Phi) is 5.60. The van der Waals surface area contributed by atoms with Crippen molar-refractivity contribution in [2.24, 2.45) is 0 Å². The highest BCUT2D eigenvalue weighted by Gasteiger charge is 2.23. The lowest BCUT2D eigenvalue weighted by atomic mass is 10.0. The average Bonchev–Trinajstić information content (AvgIpc) is 2.95. The molecule has 1 unspecified atom stereocenters. The minimum absolute atomic E-state index is 0.170. The van der Waals surface area contributed by atoms with Crippen molar-refractivity contribution in [1.29, 1.82) is 0 Å². The second-order valence-electron chi connectivity index (χ2n) is 5.72. The van der Waals surface area contributed by atoms with Crippen LogP contribution in [0.5, 0.6) is 0 Å². The van der Waals surface area contributed by atoms with Gasteiger partial charge in [-0.25, -0.2) is 0 Å². The summed E-state index contributed by atoms with van der Waals surface area (Å²) < 4.78 is 0. The molecule has 1 aromatic carbocycles. The third-order valence-corrected chi connectivity index (χ3v) is 4.01. The van der Waals surface area contributed by atoms with Gasteiger partial charge in [0.2, 0.25) is 5.91 Å². The molecule has 0 spiro atoms. The van der Waals surface area contributed by atoms with Gasteiger partial charge >= 0.3 is 0 Å². The number of carbonyl (C=O) groups is 1. The number of amides is 1. The van der Waals surface area contributed by atoms with Gasteiger partial charge in [0.25, 0.3) is 0 Å². The van der Waals surface area contributed by atoms with Crippen LogP contribution in [0, 0.1) is 6.92 Å². The summed E-state index contributed by atoms with van der Waals surface area (Å²) in [6, 6.07) is 9.03. The summed E-state index contributed by atoms with van der Waals surface area (Å²) in [6.07, 6.45) is 4.07. The van der Waals surface area contributed by atoms with E-state index in [-0.39, 0.29) is 5.91 Å². The fraction of sp³-hybridized carbons (Fsp3) is 0.588. The van der Waals surface area contributed by atoms with Crippen LogP contribution in [0.4, 0.5) is 0 Å². The lowest BCUT2D eigenvalue weighted by molar-refractivity contribution is -0.121. The molecule has 2 rings (SSSR count). The van der Waals surface area contributed by atoms with Crippen LogP contribution in [0.25, 0.3) is 0 Å². The summed E-state index contributed by atoms with van der Waals surface area (Å²) in [6.45, 7) is 7.15. The second-order valence-corrected chi connectivity index (χ2v) is 5.72. The van der Waals surface area contributed by atoms with Gasteiger partial charge in [-0.1, -0.05) is 36.8 Å². The Balaban J connectivity index is 2.04. The predicted molar refractivity (Wildman–Crippen MR) is 82.6 cm³/mol. The molecule has 20 heavy (non-hydrogen) atoms.